The van der Waals surface area contributed by atoms with Crippen molar-refractivity contribution in [1.82, 2.24) is 0 Å². The molecule has 0 aliphatic rings. The molecule has 0 aromatic rings. The summed E-state index contributed by atoms with van der Waals surface area (Å²) in [6.07, 6.45) is 2.66. The van der Waals surface area contributed by atoms with Gasteiger partial charge in [-0.1, -0.05) is 7.43 Å². The molecule has 6 N–H and O–H groups in total. The molecule has 0 rings (SSSR count). The third kappa shape index (κ3) is 63.3. The first-order valence-electron chi connectivity index (χ1n) is 7.10. The fourth-order valence-electron chi connectivity index (χ4n) is 0.333. The molecule has 2 atom stereocenters. The molecule has 10 nitrogen and oxygen atoms in total. The second-order valence-electron chi connectivity index (χ2n) is 4.65. The molecular formula is C17H40O10S2Zn+2. The van der Waals surface area contributed by atoms with Crippen molar-refractivity contribution < 1.29 is 68.1 Å². The Bertz CT molecular complexity index is 596. The van der Waals surface area contributed by atoms with Gasteiger partial charge < -0.3 is 30.6 Å². The van der Waals surface area contributed by atoms with Crippen molar-refractivity contribution in [3.05, 3.63) is 25.0 Å². The van der Waals surface area contributed by atoms with Gasteiger partial charge in [0.1, 0.15) is 0 Å². The van der Waals surface area contributed by atoms with Crippen molar-refractivity contribution in [1.29, 1.82) is 0 Å². The summed E-state index contributed by atoms with van der Waals surface area (Å²) in [4.78, 5) is 20.3. The summed E-state index contributed by atoms with van der Waals surface area (Å²) >= 11 is 0. The minimum absolute atomic E-state index is 0. The number of carbonyl (C=O) groups excluding carboxylic acids is 2. The molecule has 0 heterocycles. The van der Waals surface area contributed by atoms with Crippen LogP contribution in [-0.4, -0.2) is 77.3 Å². The molecule has 0 fully saturated rings. The first-order chi connectivity index (χ1) is 11.4. The Labute approximate surface area is 194 Å². The molecule has 0 aromatic carbocycles. The van der Waals surface area contributed by atoms with Crippen LogP contribution in [0.1, 0.15) is 35.1 Å². The molecule has 0 bridgehead atoms. The number of rotatable bonds is 4. The predicted octanol–water partition coefficient (Wildman–Crippen LogP) is 0.847. The van der Waals surface area contributed by atoms with E-state index in [1.165, 1.54) is 26.4 Å². The molecule has 0 saturated carbocycles. The van der Waals surface area contributed by atoms with Gasteiger partial charge in [0.05, 0.1) is 13.2 Å². The second kappa shape index (κ2) is 27.6. The standard InChI is InChI=1S/2C4H8O2S.2C4H8O2.CH4.2H2O.Zn/c2*1-4(5)7(2,3)6;2*1-3-6-4(2)5;;;;/h2*2H2,1,3H3;2*5H,2-3H2,1H3;1H4;2*1H2;/q;;;;;;;+2. The molecule has 30 heavy (non-hydrogen) atoms. The van der Waals surface area contributed by atoms with Crippen molar-refractivity contribution in [2.45, 2.75) is 35.1 Å². The van der Waals surface area contributed by atoms with E-state index in [0.29, 0.717) is 13.2 Å². The van der Waals surface area contributed by atoms with Gasteiger partial charge in [-0.05, 0) is 38.7 Å². The Hall–Kier alpha value is -1.40. The van der Waals surface area contributed by atoms with Gasteiger partial charge in [0, 0.05) is 45.4 Å². The topological polar surface area (TPSA) is 190 Å². The fraction of sp³-hybridized carbons (Fsp3) is 0.529. The molecule has 180 valence electrons. The molecule has 0 saturated heterocycles. The molecule has 0 aliphatic heterocycles. The van der Waals surface area contributed by atoms with Crippen LogP contribution in [-0.2, 0) is 57.6 Å². The molecule has 0 spiro atoms. The van der Waals surface area contributed by atoms with Crippen LogP contribution < -0.4 is 0 Å². The summed E-state index contributed by atoms with van der Waals surface area (Å²) in [5.74, 6) is 5.88. The quantitative estimate of drug-likeness (QED) is 0.301. The maximum absolute atomic E-state index is 10.4. The van der Waals surface area contributed by atoms with E-state index in [4.69, 9.17) is 10.2 Å². The van der Waals surface area contributed by atoms with E-state index in [-0.39, 0.29) is 60.0 Å². The molecule has 13 heteroatoms. The van der Waals surface area contributed by atoms with Crippen LogP contribution in [0.25, 0.3) is 0 Å². The minimum atomic E-state index is -2.38. The van der Waals surface area contributed by atoms with Crippen molar-refractivity contribution in [3.8, 4) is 0 Å². The van der Waals surface area contributed by atoms with Crippen LogP contribution in [0.15, 0.2) is 25.0 Å². The molecule has 0 amide bonds. The van der Waals surface area contributed by atoms with Gasteiger partial charge in [0.15, 0.2) is 0 Å². The monoisotopic (exact) mass is 532 g/mol. The molecular weight excluding hydrogens is 494 g/mol. The maximum Gasteiger partial charge on any atom is 2.00 e. The van der Waals surface area contributed by atoms with Gasteiger partial charge in [-0.15, -0.1) is 0 Å². The number of aliphatic hydroxyl groups is 2. The van der Waals surface area contributed by atoms with Crippen molar-refractivity contribution in [3.63, 3.8) is 0 Å². The van der Waals surface area contributed by atoms with E-state index < -0.39 is 19.0 Å². The Morgan fingerprint density at radius 2 is 0.933 bits per heavy atom. The Morgan fingerprint density at radius 3 is 0.933 bits per heavy atom. The maximum atomic E-state index is 10.4. The van der Waals surface area contributed by atoms with E-state index in [1.807, 2.05) is 0 Å². The van der Waals surface area contributed by atoms with Gasteiger partial charge in [-0.2, -0.15) is 0 Å². The van der Waals surface area contributed by atoms with Gasteiger partial charge in [-0.25, -0.2) is 0 Å². The number of hydrogen-bond donors (Lipinski definition) is 2. The average Bonchev–Trinajstić information content (AvgIpc) is 2.37. The summed E-state index contributed by atoms with van der Waals surface area (Å²) in [6, 6.07) is 0. The SMILES string of the molecule is C.C=C(O)OCC.C=C(O)OCC.C=S(C)(=O)C(C)=O.C=S(C)(=O)C(C)=O.O.O.[Zn+2]. The fourth-order valence-corrected chi connectivity index (χ4v) is 0.333. The van der Waals surface area contributed by atoms with Crippen molar-refractivity contribution in [2.75, 3.05) is 25.7 Å². The first kappa shape index (κ1) is 51.3. The normalized spacial score (nSPS) is 11.4. The molecule has 0 aliphatic carbocycles. The zero-order valence-corrected chi connectivity index (χ0v) is 22.7. The minimum Gasteiger partial charge on any atom is -0.481 e. The van der Waals surface area contributed by atoms with E-state index in [9.17, 15) is 18.0 Å². The summed E-state index contributed by atoms with van der Waals surface area (Å²) in [5, 5.41) is 15.6. The van der Waals surface area contributed by atoms with Crippen LogP contribution in [0.5, 0.6) is 0 Å². The molecule has 2 unspecified atom stereocenters. The average molecular weight is 534 g/mol. The third-order valence-electron chi connectivity index (χ3n) is 1.84. The summed E-state index contributed by atoms with van der Waals surface area (Å²) in [7, 11) is -4.76. The van der Waals surface area contributed by atoms with E-state index >= 15 is 0 Å². The van der Waals surface area contributed by atoms with Crippen LogP contribution in [0, 0.1) is 0 Å². The summed E-state index contributed by atoms with van der Waals surface area (Å²) < 4.78 is 29.7. The van der Waals surface area contributed by atoms with Gasteiger partial charge in [0.2, 0.25) is 10.2 Å². The van der Waals surface area contributed by atoms with Crippen LogP contribution in [0.3, 0.4) is 0 Å². The summed E-state index contributed by atoms with van der Waals surface area (Å²) in [6.45, 7) is 13.2. The molecule has 0 aromatic heterocycles. The van der Waals surface area contributed by atoms with Gasteiger partial charge in [0.25, 0.3) is 11.9 Å². The zero-order chi connectivity index (χ0) is 22.1. The van der Waals surface area contributed by atoms with Crippen molar-refractivity contribution in [2.24, 2.45) is 0 Å². The predicted molar refractivity (Wildman–Crippen MR) is 124 cm³/mol. The zero-order valence-electron chi connectivity index (χ0n) is 18.1. The third-order valence-corrected chi connectivity index (χ3v) is 4.27. The second-order valence-corrected chi connectivity index (χ2v) is 9.82. The van der Waals surface area contributed by atoms with E-state index in [2.05, 4.69) is 34.4 Å². The Morgan fingerprint density at radius 1 is 0.800 bits per heavy atom. The Kier molecular flexibility index (Phi) is 47.2. The van der Waals surface area contributed by atoms with E-state index in [1.54, 1.807) is 13.8 Å². The van der Waals surface area contributed by atoms with Crippen molar-refractivity contribution >= 4 is 41.0 Å². The molecule has 0 radical (unpaired) electrons. The van der Waals surface area contributed by atoms with Gasteiger partial charge in [-0.3, -0.25) is 18.0 Å². The Balaban J connectivity index is -0.0000000344. The van der Waals surface area contributed by atoms with Gasteiger partial charge >= 0.3 is 19.5 Å². The largest absolute Gasteiger partial charge is 2.00 e. The number of carbonyl (C=O) groups is 2. The smallest absolute Gasteiger partial charge is 0.481 e. The number of aliphatic hydroxyl groups excluding tert-OH is 2. The van der Waals surface area contributed by atoms with E-state index in [0.717, 1.165) is 0 Å². The first-order valence-corrected chi connectivity index (χ1v) is 11.4. The van der Waals surface area contributed by atoms with Crippen LogP contribution >= 0.6 is 0 Å². The number of hydrogen-bond acceptors (Lipinski definition) is 8. The van der Waals surface area contributed by atoms with Crippen LogP contribution in [0.4, 0.5) is 0 Å². The van der Waals surface area contributed by atoms with Crippen LogP contribution in [0.2, 0.25) is 0 Å². The summed E-state index contributed by atoms with van der Waals surface area (Å²) in [5.41, 5.74) is 0. The number of ether oxygens (including phenoxy) is 2.